The third kappa shape index (κ3) is 6.33. The maximum Gasteiger partial charge on any atom is 0.313 e. The van der Waals surface area contributed by atoms with E-state index in [1.54, 1.807) is 0 Å². The smallest absolute Gasteiger partial charge is 0.313 e. The molecule has 0 heterocycles. The lowest BCUT2D eigenvalue weighted by atomic mass is 9.90. The average Bonchev–Trinajstić information content (AvgIpc) is 2.38. The van der Waals surface area contributed by atoms with Crippen LogP contribution in [-0.4, -0.2) is 11.6 Å². The Morgan fingerprint density at radius 1 is 1.14 bits per heavy atom. The second kappa shape index (κ2) is 8.21. The number of hydrogen-bond acceptors (Lipinski definition) is 2. The van der Waals surface area contributed by atoms with Gasteiger partial charge in [0.15, 0.2) is 0 Å². The molecule has 1 rings (SSSR count). The lowest BCUT2D eigenvalue weighted by molar-refractivity contribution is -0.157. The molecule has 0 spiro atoms. The van der Waals surface area contributed by atoms with Gasteiger partial charge in [-0.1, -0.05) is 56.9 Å². The van der Waals surface area contributed by atoms with Crippen LogP contribution in [0.5, 0.6) is 0 Å². The average molecular weight is 290 g/mol. The SMILES string of the molecule is CCCCCCC(C(=O)OC(C)(C)C)c1ccccc1C. The summed E-state index contributed by atoms with van der Waals surface area (Å²) in [5, 5.41) is 0. The Morgan fingerprint density at radius 3 is 2.38 bits per heavy atom. The van der Waals surface area contributed by atoms with Crippen LogP contribution in [0.4, 0.5) is 0 Å². The quantitative estimate of drug-likeness (QED) is 0.497. The highest BCUT2D eigenvalue weighted by atomic mass is 16.6. The second-order valence-corrected chi connectivity index (χ2v) is 6.79. The summed E-state index contributed by atoms with van der Waals surface area (Å²) in [6.07, 6.45) is 5.57. The minimum Gasteiger partial charge on any atom is -0.459 e. The van der Waals surface area contributed by atoms with Crippen molar-refractivity contribution in [3.05, 3.63) is 35.4 Å². The van der Waals surface area contributed by atoms with Crippen molar-refractivity contribution in [2.24, 2.45) is 0 Å². The molecule has 0 fully saturated rings. The molecule has 1 atom stereocenters. The van der Waals surface area contributed by atoms with Crippen molar-refractivity contribution >= 4 is 5.97 Å². The van der Waals surface area contributed by atoms with E-state index >= 15 is 0 Å². The van der Waals surface area contributed by atoms with E-state index in [-0.39, 0.29) is 11.9 Å². The molecule has 1 aromatic rings. The lowest BCUT2D eigenvalue weighted by Gasteiger charge is -2.25. The van der Waals surface area contributed by atoms with Gasteiger partial charge in [0.1, 0.15) is 5.60 Å². The number of hydrogen-bond donors (Lipinski definition) is 0. The van der Waals surface area contributed by atoms with Gasteiger partial charge < -0.3 is 4.74 Å². The molecule has 0 aliphatic carbocycles. The summed E-state index contributed by atoms with van der Waals surface area (Å²) in [5.74, 6) is -0.226. The number of ether oxygens (including phenoxy) is 1. The fourth-order valence-electron chi connectivity index (χ4n) is 2.53. The van der Waals surface area contributed by atoms with Crippen LogP contribution in [0.25, 0.3) is 0 Å². The van der Waals surface area contributed by atoms with Gasteiger partial charge in [-0.25, -0.2) is 0 Å². The molecular weight excluding hydrogens is 260 g/mol. The Hall–Kier alpha value is -1.31. The predicted molar refractivity (Wildman–Crippen MR) is 88.5 cm³/mol. The molecule has 0 aliphatic heterocycles. The third-order valence-electron chi connectivity index (χ3n) is 3.60. The molecule has 0 radical (unpaired) electrons. The first-order valence-corrected chi connectivity index (χ1v) is 8.13. The molecule has 0 bridgehead atoms. The Morgan fingerprint density at radius 2 is 1.81 bits per heavy atom. The second-order valence-electron chi connectivity index (χ2n) is 6.79. The van der Waals surface area contributed by atoms with Gasteiger partial charge in [-0.3, -0.25) is 4.79 Å². The zero-order valence-electron chi connectivity index (χ0n) is 14.2. The molecule has 118 valence electrons. The molecule has 1 aromatic carbocycles. The summed E-state index contributed by atoms with van der Waals surface area (Å²) in [6.45, 7) is 10.1. The number of benzene rings is 1. The Balaban J connectivity index is 2.84. The van der Waals surface area contributed by atoms with Crippen molar-refractivity contribution < 1.29 is 9.53 Å². The molecule has 21 heavy (non-hydrogen) atoms. The van der Waals surface area contributed by atoms with E-state index in [1.165, 1.54) is 24.8 Å². The highest BCUT2D eigenvalue weighted by Crippen LogP contribution is 2.28. The minimum atomic E-state index is -0.429. The number of carbonyl (C=O) groups excluding carboxylic acids is 1. The Labute approximate surface area is 129 Å². The molecule has 0 saturated carbocycles. The van der Waals surface area contributed by atoms with E-state index in [9.17, 15) is 4.79 Å². The van der Waals surface area contributed by atoms with Crippen molar-refractivity contribution in [3.8, 4) is 0 Å². The van der Waals surface area contributed by atoms with E-state index in [0.717, 1.165) is 18.4 Å². The summed E-state index contributed by atoms with van der Waals surface area (Å²) in [6, 6.07) is 8.15. The van der Waals surface area contributed by atoms with Gasteiger partial charge in [-0.15, -0.1) is 0 Å². The summed E-state index contributed by atoms with van der Waals surface area (Å²) < 4.78 is 5.63. The fourth-order valence-corrected chi connectivity index (χ4v) is 2.53. The van der Waals surface area contributed by atoms with Gasteiger partial charge in [0.2, 0.25) is 0 Å². The summed E-state index contributed by atoms with van der Waals surface area (Å²) in [7, 11) is 0. The molecule has 0 aliphatic rings. The van der Waals surface area contributed by atoms with Crippen molar-refractivity contribution in [3.63, 3.8) is 0 Å². The van der Waals surface area contributed by atoms with Crippen LogP contribution in [0.3, 0.4) is 0 Å². The first-order valence-electron chi connectivity index (χ1n) is 8.13. The van der Waals surface area contributed by atoms with Gasteiger partial charge >= 0.3 is 5.97 Å². The molecule has 0 saturated heterocycles. The zero-order valence-corrected chi connectivity index (χ0v) is 14.2. The molecular formula is C19H30O2. The maximum absolute atomic E-state index is 12.6. The normalized spacial score (nSPS) is 13.0. The van der Waals surface area contributed by atoms with Gasteiger partial charge in [-0.2, -0.15) is 0 Å². The molecule has 1 unspecified atom stereocenters. The molecule has 0 amide bonds. The zero-order chi connectivity index (χ0) is 15.9. The standard InChI is InChI=1S/C19H30O2/c1-6-7-8-9-14-17(18(20)21-19(3,4)5)16-13-11-10-12-15(16)2/h10-13,17H,6-9,14H2,1-5H3. The van der Waals surface area contributed by atoms with E-state index in [4.69, 9.17) is 4.74 Å². The van der Waals surface area contributed by atoms with Crippen molar-refractivity contribution in [1.82, 2.24) is 0 Å². The van der Waals surface area contributed by atoms with Crippen LogP contribution in [0.1, 0.15) is 76.8 Å². The van der Waals surface area contributed by atoms with Crippen LogP contribution in [0.15, 0.2) is 24.3 Å². The van der Waals surface area contributed by atoms with Gasteiger partial charge in [0.25, 0.3) is 0 Å². The van der Waals surface area contributed by atoms with Crippen LogP contribution < -0.4 is 0 Å². The Bertz CT molecular complexity index is 443. The van der Waals surface area contributed by atoms with Crippen LogP contribution in [0.2, 0.25) is 0 Å². The highest BCUT2D eigenvalue weighted by molar-refractivity contribution is 5.79. The predicted octanol–water partition coefficient (Wildman–Crippen LogP) is 5.39. The van der Waals surface area contributed by atoms with Crippen molar-refractivity contribution in [1.29, 1.82) is 0 Å². The fraction of sp³-hybridized carbons (Fsp3) is 0.632. The van der Waals surface area contributed by atoms with Crippen LogP contribution >= 0.6 is 0 Å². The first-order chi connectivity index (χ1) is 9.85. The molecule has 2 heteroatoms. The van der Waals surface area contributed by atoms with E-state index in [2.05, 4.69) is 26.0 Å². The van der Waals surface area contributed by atoms with Gasteiger partial charge in [0.05, 0.1) is 5.92 Å². The van der Waals surface area contributed by atoms with E-state index in [1.807, 2.05) is 32.9 Å². The van der Waals surface area contributed by atoms with E-state index in [0.29, 0.717) is 0 Å². The Kier molecular flexibility index (Phi) is 6.94. The third-order valence-corrected chi connectivity index (χ3v) is 3.60. The number of carbonyl (C=O) groups is 1. The number of unbranched alkanes of at least 4 members (excludes halogenated alkanes) is 3. The molecule has 0 aromatic heterocycles. The highest BCUT2D eigenvalue weighted by Gasteiger charge is 2.27. The number of aryl methyl sites for hydroxylation is 1. The topological polar surface area (TPSA) is 26.3 Å². The van der Waals surface area contributed by atoms with Crippen molar-refractivity contribution in [2.75, 3.05) is 0 Å². The lowest BCUT2D eigenvalue weighted by Crippen LogP contribution is -2.28. The van der Waals surface area contributed by atoms with Gasteiger partial charge in [0, 0.05) is 0 Å². The van der Waals surface area contributed by atoms with E-state index < -0.39 is 5.60 Å². The summed E-state index contributed by atoms with van der Waals surface area (Å²) in [5.41, 5.74) is 1.86. The monoisotopic (exact) mass is 290 g/mol. The summed E-state index contributed by atoms with van der Waals surface area (Å²) >= 11 is 0. The molecule has 2 nitrogen and oxygen atoms in total. The number of esters is 1. The molecule has 0 N–H and O–H groups in total. The largest absolute Gasteiger partial charge is 0.459 e. The first kappa shape index (κ1) is 17.7. The maximum atomic E-state index is 12.6. The van der Waals surface area contributed by atoms with Crippen LogP contribution in [-0.2, 0) is 9.53 Å². The van der Waals surface area contributed by atoms with Crippen LogP contribution in [0, 0.1) is 6.92 Å². The van der Waals surface area contributed by atoms with Crippen molar-refractivity contribution in [2.45, 2.75) is 78.2 Å². The minimum absolute atomic E-state index is 0.0895. The summed E-state index contributed by atoms with van der Waals surface area (Å²) in [4.78, 5) is 12.6. The number of rotatable bonds is 7. The van der Waals surface area contributed by atoms with Gasteiger partial charge in [-0.05, 0) is 45.2 Å².